The van der Waals surface area contributed by atoms with E-state index in [1.54, 1.807) is 6.20 Å². The number of aromatic nitrogens is 1. The van der Waals surface area contributed by atoms with Crippen molar-refractivity contribution < 1.29 is 4.42 Å². The van der Waals surface area contributed by atoms with Crippen LogP contribution in [0.4, 0.5) is 0 Å². The Balaban J connectivity index is 1.68. The summed E-state index contributed by atoms with van der Waals surface area (Å²) in [4.78, 5) is 4.43. The van der Waals surface area contributed by atoms with Crippen LogP contribution < -0.4 is 0 Å². The van der Waals surface area contributed by atoms with E-state index in [1.165, 1.54) is 16.3 Å². The Hall–Kier alpha value is -2.87. The lowest BCUT2D eigenvalue weighted by atomic mass is 10.0. The molecule has 0 bridgehead atoms. The first kappa shape index (κ1) is 12.8. The summed E-state index contributed by atoms with van der Waals surface area (Å²) in [5.74, 6) is 1.56. The van der Waals surface area contributed by atoms with Crippen LogP contribution in [0.5, 0.6) is 0 Å². The van der Waals surface area contributed by atoms with Crippen LogP contribution in [-0.2, 0) is 6.42 Å². The molecule has 3 aromatic carbocycles. The van der Waals surface area contributed by atoms with Gasteiger partial charge in [-0.05, 0) is 16.3 Å². The summed E-state index contributed by atoms with van der Waals surface area (Å²) in [6.07, 6.45) is 2.50. The molecule has 4 rings (SSSR count). The van der Waals surface area contributed by atoms with Gasteiger partial charge in [0.2, 0.25) is 0 Å². The predicted molar refractivity (Wildman–Crippen MR) is 88.7 cm³/mol. The highest BCUT2D eigenvalue weighted by Gasteiger charge is 2.08. The van der Waals surface area contributed by atoms with Crippen molar-refractivity contribution in [2.24, 2.45) is 0 Å². The van der Waals surface area contributed by atoms with Gasteiger partial charge in [0.25, 0.3) is 0 Å². The Morgan fingerprint density at radius 3 is 2.45 bits per heavy atom. The summed E-state index contributed by atoms with van der Waals surface area (Å²) in [5, 5.41) is 2.50. The summed E-state index contributed by atoms with van der Waals surface area (Å²) in [6.45, 7) is 0. The lowest BCUT2D eigenvalue weighted by Crippen LogP contribution is -1.89. The van der Waals surface area contributed by atoms with Crippen molar-refractivity contribution in [3.63, 3.8) is 0 Å². The molecule has 0 amide bonds. The zero-order chi connectivity index (χ0) is 14.8. The molecule has 0 radical (unpaired) electrons. The molecule has 22 heavy (non-hydrogen) atoms. The van der Waals surface area contributed by atoms with Gasteiger partial charge in [-0.2, -0.15) is 0 Å². The van der Waals surface area contributed by atoms with Crippen LogP contribution in [0, 0.1) is 0 Å². The lowest BCUT2D eigenvalue weighted by molar-refractivity contribution is 0.520. The second kappa shape index (κ2) is 5.49. The predicted octanol–water partition coefficient (Wildman–Crippen LogP) is 5.09. The van der Waals surface area contributed by atoms with Gasteiger partial charge in [-0.1, -0.05) is 72.8 Å². The third-order valence-corrected chi connectivity index (χ3v) is 3.83. The third kappa shape index (κ3) is 2.40. The van der Waals surface area contributed by atoms with Crippen molar-refractivity contribution in [1.82, 2.24) is 4.98 Å². The van der Waals surface area contributed by atoms with Gasteiger partial charge in [-0.25, -0.2) is 4.98 Å². The Labute approximate surface area is 129 Å². The summed E-state index contributed by atoms with van der Waals surface area (Å²) in [7, 11) is 0. The molecular weight excluding hydrogens is 270 g/mol. The van der Waals surface area contributed by atoms with Crippen LogP contribution in [0.15, 0.2) is 83.4 Å². The van der Waals surface area contributed by atoms with Crippen molar-refractivity contribution in [2.75, 3.05) is 0 Å². The molecule has 2 nitrogen and oxygen atoms in total. The molecule has 2 heteroatoms. The highest BCUT2D eigenvalue weighted by Crippen LogP contribution is 2.24. The topological polar surface area (TPSA) is 26.0 Å². The van der Waals surface area contributed by atoms with Gasteiger partial charge in [0.15, 0.2) is 11.7 Å². The van der Waals surface area contributed by atoms with Crippen LogP contribution in [-0.4, -0.2) is 4.98 Å². The number of fused-ring (bicyclic) bond motifs is 1. The van der Waals surface area contributed by atoms with Crippen molar-refractivity contribution in [3.05, 3.63) is 90.4 Å². The van der Waals surface area contributed by atoms with Crippen molar-refractivity contribution in [2.45, 2.75) is 6.42 Å². The van der Waals surface area contributed by atoms with Gasteiger partial charge in [0.05, 0.1) is 6.20 Å². The molecule has 0 aliphatic heterocycles. The smallest absolute Gasteiger partial charge is 0.199 e. The second-order valence-electron chi connectivity index (χ2n) is 5.30. The molecule has 0 aliphatic carbocycles. The maximum absolute atomic E-state index is 5.91. The van der Waals surface area contributed by atoms with Gasteiger partial charge in [0.1, 0.15) is 0 Å². The Bertz CT molecular complexity index is 904. The SMILES string of the molecule is c1ccc(-c2cnc(Cc3cccc4ccccc34)o2)cc1. The van der Waals surface area contributed by atoms with E-state index in [-0.39, 0.29) is 0 Å². The highest BCUT2D eigenvalue weighted by molar-refractivity contribution is 5.85. The fourth-order valence-corrected chi connectivity index (χ4v) is 2.74. The zero-order valence-corrected chi connectivity index (χ0v) is 12.1. The maximum Gasteiger partial charge on any atom is 0.199 e. The van der Waals surface area contributed by atoms with Crippen LogP contribution in [0.25, 0.3) is 22.1 Å². The number of nitrogens with zero attached hydrogens (tertiary/aromatic N) is 1. The number of rotatable bonds is 3. The summed E-state index contributed by atoms with van der Waals surface area (Å²) in [5.41, 5.74) is 2.29. The van der Waals surface area contributed by atoms with E-state index in [0.29, 0.717) is 6.42 Å². The molecule has 1 heterocycles. The van der Waals surface area contributed by atoms with Gasteiger partial charge in [0, 0.05) is 12.0 Å². The number of hydrogen-bond acceptors (Lipinski definition) is 2. The van der Waals surface area contributed by atoms with E-state index in [4.69, 9.17) is 4.42 Å². The van der Waals surface area contributed by atoms with E-state index in [2.05, 4.69) is 47.4 Å². The Kier molecular flexibility index (Phi) is 3.20. The summed E-state index contributed by atoms with van der Waals surface area (Å²) < 4.78 is 5.91. The molecule has 0 fully saturated rings. The summed E-state index contributed by atoms with van der Waals surface area (Å²) >= 11 is 0. The van der Waals surface area contributed by atoms with Gasteiger partial charge >= 0.3 is 0 Å². The van der Waals surface area contributed by atoms with Gasteiger partial charge in [-0.15, -0.1) is 0 Å². The minimum atomic E-state index is 0.703. The van der Waals surface area contributed by atoms with Crippen LogP contribution in [0.2, 0.25) is 0 Å². The fraction of sp³-hybridized carbons (Fsp3) is 0.0500. The van der Waals surface area contributed by atoms with Crippen LogP contribution in [0.3, 0.4) is 0 Å². The maximum atomic E-state index is 5.91. The molecule has 0 saturated carbocycles. The second-order valence-corrected chi connectivity index (χ2v) is 5.30. The fourth-order valence-electron chi connectivity index (χ4n) is 2.74. The third-order valence-electron chi connectivity index (χ3n) is 3.83. The van der Waals surface area contributed by atoms with E-state index >= 15 is 0 Å². The van der Waals surface area contributed by atoms with Crippen molar-refractivity contribution >= 4 is 10.8 Å². The quantitative estimate of drug-likeness (QED) is 0.524. The molecule has 0 N–H and O–H groups in total. The lowest BCUT2D eigenvalue weighted by Gasteiger charge is -2.04. The van der Waals surface area contributed by atoms with Gasteiger partial charge < -0.3 is 4.42 Å². The summed E-state index contributed by atoms with van der Waals surface area (Å²) in [6, 6.07) is 24.8. The zero-order valence-electron chi connectivity index (χ0n) is 12.1. The molecule has 106 valence electrons. The monoisotopic (exact) mass is 285 g/mol. The molecule has 0 unspecified atom stereocenters. The van der Waals surface area contributed by atoms with Gasteiger partial charge in [-0.3, -0.25) is 0 Å². The first-order chi connectivity index (χ1) is 10.9. The van der Waals surface area contributed by atoms with E-state index < -0.39 is 0 Å². The average Bonchev–Trinajstić information content (AvgIpc) is 3.05. The van der Waals surface area contributed by atoms with Crippen LogP contribution in [0.1, 0.15) is 11.5 Å². The first-order valence-electron chi connectivity index (χ1n) is 7.37. The largest absolute Gasteiger partial charge is 0.440 e. The molecule has 1 aromatic heterocycles. The first-order valence-corrected chi connectivity index (χ1v) is 7.37. The molecule has 0 saturated heterocycles. The van der Waals surface area contributed by atoms with E-state index in [1.807, 2.05) is 30.3 Å². The molecule has 0 atom stereocenters. The Morgan fingerprint density at radius 1 is 0.773 bits per heavy atom. The van der Waals surface area contributed by atoms with Crippen molar-refractivity contribution in [1.29, 1.82) is 0 Å². The molecule has 0 spiro atoms. The van der Waals surface area contributed by atoms with Crippen molar-refractivity contribution in [3.8, 4) is 11.3 Å². The number of benzene rings is 3. The van der Waals surface area contributed by atoms with E-state index in [9.17, 15) is 0 Å². The number of hydrogen-bond donors (Lipinski definition) is 0. The van der Waals surface area contributed by atoms with E-state index in [0.717, 1.165) is 17.2 Å². The normalized spacial score (nSPS) is 10.9. The Morgan fingerprint density at radius 2 is 1.55 bits per heavy atom. The highest BCUT2D eigenvalue weighted by atomic mass is 16.4. The minimum absolute atomic E-state index is 0.703. The molecule has 4 aromatic rings. The minimum Gasteiger partial charge on any atom is -0.440 e. The molecular formula is C20H15NO. The standard InChI is InChI=1S/C20H15NO/c1-2-8-16(9-3-1)19-14-21-20(22-19)13-17-11-6-10-15-7-4-5-12-18(15)17/h1-12,14H,13H2. The number of oxazole rings is 1. The van der Waals surface area contributed by atoms with Crippen LogP contribution >= 0.6 is 0 Å². The molecule has 0 aliphatic rings. The average molecular weight is 285 g/mol.